The number of aliphatic hydroxyl groups excluding tert-OH is 2. The summed E-state index contributed by atoms with van der Waals surface area (Å²) < 4.78 is 39.4. The van der Waals surface area contributed by atoms with E-state index in [9.17, 15) is 24.5 Å². The number of carbonyl (C=O) groups is 1. The maximum atomic E-state index is 11.8. The van der Waals surface area contributed by atoms with Crippen molar-refractivity contribution >= 4 is 13.5 Å². The van der Waals surface area contributed by atoms with Gasteiger partial charge in [-0.2, -0.15) is 0 Å². The fraction of sp³-hybridized carbons (Fsp3) is 0.947. The van der Waals surface area contributed by atoms with Crippen LogP contribution >= 0.6 is 7.60 Å². The maximum Gasteiger partial charge on any atom is 0.330 e. The van der Waals surface area contributed by atoms with Gasteiger partial charge in [-0.25, -0.2) is 0 Å². The van der Waals surface area contributed by atoms with Crippen LogP contribution in [0.2, 0.25) is 0 Å². The van der Waals surface area contributed by atoms with Gasteiger partial charge in [0.2, 0.25) is 5.91 Å². The summed E-state index contributed by atoms with van der Waals surface area (Å²) in [5, 5.41) is 23.1. The van der Waals surface area contributed by atoms with Crippen LogP contribution in [0, 0.1) is 0 Å². The van der Waals surface area contributed by atoms with Crippen molar-refractivity contribution < 1.29 is 47.9 Å². The lowest BCUT2D eigenvalue weighted by molar-refractivity contribution is -0.281. The number of amides is 1. The lowest BCUT2D eigenvalue weighted by Gasteiger charge is -2.44. The van der Waals surface area contributed by atoms with Crippen LogP contribution in [0.15, 0.2) is 0 Å². The van der Waals surface area contributed by atoms with E-state index in [4.69, 9.17) is 23.5 Å². The molecule has 6 unspecified atom stereocenters. The zero-order valence-corrected chi connectivity index (χ0v) is 20.0. The lowest BCUT2D eigenvalue weighted by atomic mass is 9.96. The number of hydrogen-bond donors (Lipinski definition) is 4. The number of hydrogen-bond acceptors (Lipinski definition) is 9. The Hall–Kier alpha value is -0.620. The number of rotatable bonds is 12. The highest BCUT2D eigenvalue weighted by molar-refractivity contribution is 7.53. The quantitative estimate of drug-likeness (QED) is 0.232. The second-order valence-electron chi connectivity index (χ2n) is 8.60. The van der Waals surface area contributed by atoms with Crippen molar-refractivity contribution in [3.8, 4) is 0 Å². The van der Waals surface area contributed by atoms with Crippen molar-refractivity contribution in [1.29, 1.82) is 0 Å². The second-order valence-corrected chi connectivity index (χ2v) is 11.0. The van der Waals surface area contributed by atoms with Crippen molar-refractivity contribution in [1.82, 2.24) is 5.32 Å². The summed E-state index contributed by atoms with van der Waals surface area (Å²) in [6.45, 7) is 9.73. The fourth-order valence-corrected chi connectivity index (χ4v) is 3.45. The molecule has 0 aliphatic carbocycles. The van der Waals surface area contributed by atoms with Crippen LogP contribution < -0.4 is 5.32 Å². The van der Waals surface area contributed by atoms with Crippen molar-refractivity contribution in [2.75, 3.05) is 33.0 Å². The normalized spacial score (nSPS) is 29.0. The Balaban J connectivity index is 2.73. The monoisotopic (exact) mass is 471 g/mol. The van der Waals surface area contributed by atoms with E-state index < -0.39 is 56.4 Å². The lowest BCUT2D eigenvalue weighted by Crippen LogP contribution is -2.65. The minimum absolute atomic E-state index is 0.128. The molecule has 11 nitrogen and oxygen atoms in total. The van der Waals surface area contributed by atoms with Crippen LogP contribution in [0.3, 0.4) is 0 Å². The van der Waals surface area contributed by atoms with E-state index in [1.807, 2.05) is 20.8 Å². The molecule has 31 heavy (non-hydrogen) atoms. The number of ether oxygens (including phenoxy) is 4. The molecule has 6 atom stereocenters. The summed E-state index contributed by atoms with van der Waals surface area (Å²) in [6.07, 6.45) is -4.27. The smallest absolute Gasteiger partial charge is 0.330 e. The summed E-state index contributed by atoms with van der Waals surface area (Å²) in [7, 11) is -3.75. The first-order valence-corrected chi connectivity index (χ1v) is 12.0. The average Bonchev–Trinajstić information content (AvgIpc) is 2.64. The van der Waals surface area contributed by atoms with Gasteiger partial charge in [0.25, 0.3) is 0 Å². The minimum Gasteiger partial charge on any atom is -0.394 e. The molecule has 0 aromatic heterocycles. The highest BCUT2D eigenvalue weighted by atomic mass is 31.2. The molecule has 0 aromatic rings. The molecule has 184 valence electrons. The molecule has 1 aliphatic rings. The summed E-state index contributed by atoms with van der Waals surface area (Å²) in [4.78, 5) is 21.3. The molecule has 0 bridgehead atoms. The van der Waals surface area contributed by atoms with Crippen LogP contribution in [-0.2, 0) is 32.8 Å². The molecule has 0 spiro atoms. The Labute approximate surface area is 183 Å². The van der Waals surface area contributed by atoms with Crippen molar-refractivity contribution in [3.63, 3.8) is 0 Å². The van der Waals surface area contributed by atoms with Crippen LogP contribution in [0.4, 0.5) is 0 Å². The molecule has 0 radical (unpaired) electrons. The summed E-state index contributed by atoms with van der Waals surface area (Å²) in [5.74, 6) is -0.408. The van der Waals surface area contributed by atoms with Gasteiger partial charge < -0.3 is 43.9 Å². The summed E-state index contributed by atoms with van der Waals surface area (Å²) in [5.41, 5.74) is -0.915. The molecule has 0 aromatic carbocycles. The molecule has 1 fully saturated rings. The zero-order valence-electron chi connectivity index (χ0n) is 19.1. The highest BCUT2D eigenvalue weighted by Gasteiger charge is 2.46. The van der Waals surface area contributed by atoms with E-state index in [1.54, 1.807) is 13.8 Å². The van der Waals surface area contributed by atoms with Crippen LogP contribution in [0.25, 0.3) is 0 Å². The second kappa shape index (κ2) is 12.6. The number of carbonyl (C=O) groups excluding carboxylic acids is 1. The Kier molecular flexibility index (Phi) is 11.5. The first-order chi connectivity index (χ1) is 14.3. The zero-order chi connectivity index (χ0) is 23.8. The van der Waals surface area contributed by atoms with Gasteiger partial charge in [0.15, 0.2) is 6.29 Å². The van der Waals surface area contributed by atoms with E-state index in [2.05, 4.69) is 5.32 Å². The molecule has 0 saturated carbocycles. The first-order valence-electron chi connectivity index (χ1n) is 10.3. The highest BCUT2D eigenvalue weighted by Crippen LogP contribution is 2.46. The van der Waals surface area contributed by atoms with E-state index in [1.165, 1.54) is 6.92 Å². The SMILES string of the molecule is CC(=O)NC1C(OCCOC(C)(C)C)OC(CO)C(OCCOP(=O)(O)C(C)C)C1O. The molecule has 1 aliphatic heterocycles. The van der Waals surface area contributed by atoms with Gasteiger partial charge in [0, 0.05) is 6.92 Å². The third-order valence-corrected chi connectivity index (χ3v) is 6.30. The molecular weight excluding hydrogens is 433 g/mol. The predicted octanol–water partition coefficient (Wildman–Crippen LogP) is 0.397. The first kappa shape index (κ1) is 28.4. The van der Waals surface area contributed by atoms with Gasteiger partial charge in [-0.3, -0.25) is 9.36 Å². The van der Waals surface area contributed by atoms with Crippen molar-refractivity contribution in [2.45, 2.75) is 83.4 Å². The third-order valence-electron chi connectivity index (χ3n) is 4.45. The molecule has 4 N–H and O–H groups in total. The van der Waals surface area contributed by atoms with E-state index >= 15 is 0 Å². The van der Waals surface area contributed by atoms with Gasteiger partial charge in [-0.1, -0.05) is 13.8 Å². The Bertz CT molecular complexity index is 597. The molecular formula is C19H38NO10P. The van der Waals surface area contributed by atoms with Crippen molar-refractivity contribution in [2.24, 2.45) is 0 Å². The standard InChI is InChI=1S/C19H38NO10P/c1-12(2)31(24,25)29-10-8-26-17-14(11-21)30-18(15(16(17)23)20-13(3)22)27-7-9-28-19(4,5)6/h12,14-18,21,23H,7-11H2,1-6H3,(H,20,22)(H,24,25). The average molecular weight is 471 g/mol. The van der Waals surface area contributed by atoms with Gasteiger partial charge in [0.1, 0.15) is 24.4 Å². The fourth-order valence-electron chi connectivity index (χ4n) is 2.82. The molecule has 1 heterocycles. The van der Waals surface area contributed by atoms with E-state index in [0.29, 0.717) is 0 Å². The predicted molar refractivity (Wildman–Crippen MR) is 112 cm³/mol. The molecule has 12 heteroatoms. The van der Waals surface area contributed by atoms with Crippen LogP contribution in [-0.4, -0.2) is 96.0 Å². The summed E-state index contributed by atoms with van der Waals surface area (Å²) in [6, 6.07) is -0.958. The van der Waals surface area contributed by atoms with E-state index in [-0.39, 0.29) is 32.0 Å². The van der Waals surface area contributed by atoms with Gasteiger partial charge in [0.05, 0.1) is 44.3 Å². The maximum absolute atomic E-state index is 11.8. The Morgan fingerprint density at radius 2 is 1.77 bits per heavy atom. The van der Waals surface area contributed by atoms with Crippen LogP contribution in [0.5, 0.6) is 0 Å². The Morgan fingerprint density at radius 3 is 2.29 bits per heavy atom. The van der Waals surface area contributed by atoms with Gasteiger partial charge in [-0.05, 0) is 20.8 Å². The number of nitrogens with one attached hydrogen (secondary N) is 1. The third kappa shape index (κ3) is 9.81. The Morgan fingerprint density at radius 1 is 1.16 bits per heavy atom. The number of aliphatic hydroxyl groups is 2. The molecule has 1 saturated heterocycles. The molecule has 1 amide bonds. The largest absolute Gasteiger partial charge is 0.394 e. The van der Waals surface area contributed by atoms with E-state index in [0.717, 1.165) is 0 Å². The topological polar surface area (TPSA) is 153 Å². The van der Waals surface area contributed by atoms with Crippen molar-refractivity contribution in [3.05, 3.63) is 0 Å². The van der Waals surface area contributed by atoms with Gasteiger partial charge >= 0.3 is 7.60 Å². The summed E-state index contributed by atoms with van der Waals surface area (Å²) >= 11 is 0. The molecule has 1 rings (SSSR count). The van der Waals surface area contributed by atoms with Crippen LogP contribution in [0.1, 0.15) is 41.5 Å². The minimum atomic E-state index is -3.75. The van der Waals surface area contributed by atoms with Gasteiger partial charge in [-0.15, -0.1) is 0 Å².